The number of amides is 2. The van der Waals surface area contributed by atoms with E-state index in [0.717, 1.165) is 58.0 Å². The number of nitrogens with zero attached hydrogens (tertiary/aromatic N) is 1. The van der Waals surface area contributed by atoms with Crippen LogP contribution in [-0.4, -0.2) is 35.5 Å². The molecule has 6 fully saturated rings. The average molecular weight is 514 g/mol. The molecular formula is C31H31NO4S. The predicted molar refractivity (Wildman–Crippen MR) is 143 cm³/mol. The van der Waals surface area contributed by atoms with Crippen LogP contribution in [0.5, 0.6) is 0 Å². The summed E-state index contributed by atoms with van der Waals surface area (Å²) in [6, 6.07) is 12.7. The first-order chi connectivity index (χ1) is 17.9. The van der Waals surface area contributed by atoms with Crippen molar-refractivity contribution in [3.8, 4) is 0 Å². The fourth-order valence-corrected chi connectivity index (χ4v) is 9.94. The highest BCUT2D eigenvalue weighted by molar-refractivity contribution is 8.14. The van der Waals surface area contributed by atoms with Crippen molar-refractivity contribution in [2.45, 2.75) is 55.8 Å². The third kappa shape index (κ3) is 3.15. The van der Waals surface area contributed by atoms with E-state index in [1.807, 2.05) is 6.07 Å². The summed E-state index contributed by atoms with van der Waals surface area (Å²) in [7, 11) is 1.55. The molecule has 37 heavy (non-hydrogen) atoms. The van der Waals surface area contributed by atoms with Crippen molar-refractivity contribution in [3.63, 3.8) is 0 Å². The number of allylic oxidation sites excluding steroid dienone is 2. The highest BCUT2D eigenvalue weighted by Gasteiger charge is 2.65. The summed E-state index contributed by atoms with van der Waals surface area (Å²) in [4.78, 5) is 25.7. The molecule has 0 N–H and O–H groups in total. The Labute approximate surface area is 221 Å². The number of thioether (sulfide) groups is 1. The van der Waals surface area contributed by atoms with Crippen LogP contribution in [-0.2, 0) is 14.3 Å². The van der Waals surface area contributed by atoms with Gasteiger partial charge in [-0.15, -0.1) is 0 Å². The summed E-state index contributed by atoms with van der Waals surface area (Å²) in [6.07, 6.45) is 13.4. The van der Waals surface area contributed by atoms with Crippen LogP contribution in [0.15, 0.2) is 54.3 Å². The number of benzene rings is 2. The van der Waals surface area contributed by atoms with Gasteiger partial charge in [0, 0.05) is 18.9 Å². The lowest BCUT2D eigenvalue weighted by Crippen LogP contribution is -2.59. The fraction of sp³-hybridized carbons (Fsp3) is 0.484. The van der Waals surface area contributed by atoms with E-state index in [2.05, 4.69) is 42.5 Å². The highest BCUT2D eigenvalue weighted by Crippen LogP contribution is 2.68. The van der Waals surface area contributed by atoms with Gasteiger partial charge in [-0.05, 0) is 114 Å². The van der Waals surface area contributed by atoms with Crippen molar-refractivity contribution < 1.29 is 19.1 Å². The van der Waals surface area contributed by atoms with Crippen LogP contribution >= 0.6 is 11.8 Å². The minimum atomic E-state index is -0.453. The second-order valence-electron chi connectivity index (χ2n) is 12.3. The maximum Gasteiger partial charge on any atom is 0.289 e. The largest absolute Gasteiger partial charge is 0.469 e. The molecule has 2 aliphatic heterocycles. The van der Waals surface area contributed by atoms with E-state index < -0.39 is 5.25 Å². The van der Waals surface area contributed by atoms with Crippen LogP contribution in [0.2, 0.25) is 0 Å². The van der Waals surface area contributed by atoms with Crippen molar-refractivity contribution in [1.82, 2.24) is 4.90 Å². The molecule has 2 heterocycles. The van der Waals surface area contributed by atoms with Crippen LogP contribution in [0.25, 0.3) is 16.3 Å². The average Bonchev–Trinajstić information content (AvgIpc) is 3.45. The molecule has 2 amide bonds. The first-order valence-electron chi connectivity index (χ1n) is 13.6. The molecule has 190 valence electrons. The summed E-state index contributed by atoms with van der Waals surface area (Å²) < 4.78 is 12.8. The molecule has 6 heteroatoms. The molecule has 2 aromatic rings. The molecule has 0 radical (unpaired) electrons. The van der Waals surface area contributed by atoms with E-state index in [0.29, 0.717) is 6.79 Å². The summed E-state index contributed by atoms with van der Waals surface area (Å²) in [5.41, 5.74) is 3.28. The Morgan fingerprint density at radius 3 is 2.32 bits per heavy atom. The van der Waals surface area contributed by atoms with Gasteiger partial charge in [-0.3, -0.25) is 14.5 Å². The van der Waals surface area contributed by atoms with Crippen molar-refractivity contribution >= 4 is 39.3 Å². The molecule has 9 rings (SSSR count). The molecule has 4 saturated carbocycles. The number of hydrogen-bond donors (Lipinski definition) is 0. The van der Waals surface area contributed by atoms with Crippen LogP contribution in [0, 0.1) is 23.2 Å². The van der Waals surface area contributed by atoms with Gasteiger partial charge < -0.3 is 9.47 Å². The Kier molecular flexibility index (Phi) is 4.68. The van der Waals surface area contributed by atoms with Gasteiger partial charge in [-0.1, -0.05) is 30.3 Å². The predicted octanol–water partition coefficient (Wildman–Crippen LogP) is 6.84. The van der Waals surface area contributed by atoms with Crippen LogP contribution in [0.3, 0.4) is 0 Å². The Morgan fingerprint density at radius 2 is 1.62 bits per heavy atom. The molecule has 2 aromatic carbocycles. The molecule has 2 saturated heterocycles. The SMILES string of the molecule is CN1C(=O)SC(c2ccc3cc(C4=CC=C5OCOC5(C56CC7CC(CC(C7)C5)C6)C4)ccc3c2)C1=O. The number of likely N-dealkylation sites (N-methyl/N-ethyl adjacent to an activating group) is 1. The number of rotatable bonds is 3. The standard InChI is InChI=1S/C31H31NO4S/c1-32-28(33)27(37-29(32)34)24-5-4-21-11-23(3-2-22(21)12-24)25-6-7-26-31(16-25,36-17-35-26)30-13-18-8-19(14-30)10-20(9-18)15-30/h2-7,11-12,18-20,27H,8-10,13-17H2,1H3. The lowest BCUT2D eigenvalue weighted by molar-refractivity contribution is -0.170. The second-order valence-corrected chi connectivity index (χ2v) is 13.4. The molecular weight excluding hydrogens is 482 g/mol. The van der Waals surface area contributed by atoms with E-state index >= 15 is 0 Å². The second kappa shape index (κ2) is 7.73. The van der Waals surface area contributed by atoms with E-state index in [9.17, 15) is 9.59 Å². The van der Waals surface area contributed by atoms with Gasteiger partial charge in [0.15, 0.2) is 6.79 Å². The third-order valence-electron chi connectivity index (χ3n) is 10.3. The van der Waals surface area contributed by atoms with Crippen LogP contribution < -0.4 is 0 Å². The number of fused-ring (bicyclic) bond motifs is 2. The molecule has 0 spiro atoms. The van der Waals surface area contributed by atoms with E-state index in [-0.39, 0.29) is 22.2 Å². The maximum absolute atomic E-state index is 12.5. The Morgan fingerprint density at radius 1 is 0.919 bits per heavy atom. The third-order valence-corrected chi connectivity index (χ3v) is 11.5. The monoisotopic (exact) mass is 513 g/mol. The fourth-order valence-electron chi connectivity index (χ4n) is 8.94. The zero-order valence-electron chi connectivity index (χ0n) is 21.1. The maximum atomic E-state index is 12.5. The minimum absolute atomic E-state index is 0.144. The molecule has 5 nitrogen and oxygen atoms in total. The molecule has 2 atom stereocenters. The minimum Gasteiger partial charge on any atom is -0.469 e. The summed E-state index contributed by atoms with van der Waals surface area (Å²) >= 11 is 1.10. The first kappa shape index (κ1) is 22.4. The smallest absolute Gasteiger partial charge is 0.289 e. The molecule has 7 aliphatic rings. The Hall–Kier alpha value is -2.57. The van der Waals surface area contributed by atoms with Crippen LogP contribution in [0.4, 0.5) is 4.79 Å². The highest BCUT2D eigenvalue weighted by atomic mass is 32.2. The Bertz CT molecular complexity index is 1390. The number of carbonyl (C=O) groups excluding carboxylic acids is 2. The van der Waals surface area contributed by atoms with Gasteiger partial charge >= 0.3 is 0 Å². The molecule has 5 aliphatic carbocycles. The van der Waals surface area contributed by atoms with Gasteiger partial charge in [0.05, 0.1) is 0 Å². The van der Waals surface area contributed by atoms with Crippen molar-refractivity contribution in [2.24, 2.45) is 23.2 Å². The van der Waals surface area contributed by atoms with Crippen molar-refractivity contribution in [1.29, 1.82) is 0 Å². The zero-order valence-corrected chi connectivity index (χ0v) is 21.9. The first-order valence-corrected chi connectivity index (χ1v) is 14.5. The van der Waals surface area contributed by atoms with E-state index in [1.54, 1.807) is 7.05 Å². The lowest BCUT2D eigenvalue weighted by atomic mass is 9.44. The molecule has 4 bridgehead atoms. The molecule has 0 aromatic heterocycles. The van der Waals surface area contributed by atoms with E-state index in [1.165, 1.54) is 54.6 Å². The normalized spacial score (nSPS) is 38.1. The number of hydrogen-bond acceptors (Lipinski definition) is 5. The van der Waals surface area contributed by atoms with Crippen molar-refractivity contribution in [2.75, 3.05) is 13.8 Å². The Balaban J connectivity index is 1.13. The van der Waals surface area contributed by atoms with E-state index in [4.69, 9.17) is 9.47 Å². The van der Waals surface area contributed by atoms with Crippen molar-refractivity contribution in [3.05, 3.63) is 65.4 Å². The number of imide groups is 1. The topological polar surface area (TPSA) is 55.8 Å². The number of ether oxygens (including phenoxy) is 2. The summed E-state index contributed by atoms with van der Waals surface area (Å²) in [5.74, 6) is 3.48. The van der Waals surface area contributed by atoms with Gasteiger partial charge in [0.1, 0.15) is 16.6 Å². The van der Waals surface area contributed by atoms with Gasteiger partial charge in [-0.25, -0.2) is 0 Å². The van der Waals surface area contributed by atoms with Gasteiger partial charge in [-0.2, -0.15) is 0 Å². The lowest BCUT2D eigenvalue weighted by Gasteiger charge is -2.62. The van der Waals surface area contributed by atoms with Gasteiger partial charge in [0.2, 0.25) is 5.91 Å². The summed E-state index contributed by atoms with van der Waals surface area (Å²) in [5, 5.41) is 1.58. The molecule has 2 unspecified atom stereocenters. The zero-order chi connectivity index (χ0) is 24.9. The van der Waals surface area contributed by atoms with Crippen LogP contribution in [0.1, 0.15) is 61.3 Å². The number of carbonyl (C=O) groups is 2. The van der Waals surface area contributed by atoms with Gasteiger partial charge in [0.25, 0.3) is 5.24 Å². The quantitative estimate of drug-likeness (QED) is 0.450. The summed E-state index contributed by atoms with van der Waals surface area (Å²) in [6.45, 7) is 0.366.